The summed E-state index contributed by atoms with van der Waals surface area (Å²) in [4.78, 5) is 12.1. The van der Waals surface area contributed by atoms with Crippen molar-refractivity contribution in [2.45, 2.75) is 39.2 Å². The standard InChI is InChI=1S/C24H30ClN5O2/c1-14-12-17(23(26)22(25)15(2)28-3)10-11-21(14)32-13-19-18(16-8-9-16)6-5-7-20(19)29-24(31)30(4)27/h5-7,10-12,16,26,28H,8-9,13,27H2,1-4H3,(H,29,31)/b22-15+,26-23?. The number of benzene rings is 2. The van der Waals surface area contributed by atoms with E-state index in [2.05, 4.69) is 16.7 Å². The van der Waals surface area contributed by atoms with E-state index in [1.165, 1.54) is 12.6 Å². The second-order valence-corrected chi connectivity index (χ2v) is 8.40. The van der Waals surface area contributed by atoms with Crippen LogP contribution in [0.5, 0.6) is 5.75 Å². The summed E-state index contributed by atoms with van der Waals surface area (Å²) in [5.41, 5.74) is 5.45. The number of nitrogens with one attached hydrogen (secondary N) is 3. The first-order valence-electron chi connectivity index (χ1n) is 10.5. The van der Waals surface area contributed by atoms with Crippen molar-refractivity contribution < 1.29 is 9.53 Å². The van der Waals surface area contributed by atoms with Gasteiger partial charge in [0.1, 0.15) is 12.4 Å². The van der Waals surface area contributed by atoms with Gasteiger partial charge >= 0.3 is 6.03 Å². The quantitative estimate of drug-likeness (QED) is 0.198. The van der Waals surface area contributed by atoms with Crippen molar-refractivity contribution in [3.63, 3.8) is 0 Å². The fourth-order valence-corrected chi connectivity index (χ4v) is 3.61. The van der Waals surface area contributed by atoms with Crippen molar-refractivity contribution in [2.24, 2.45) is 5.84 Å². The van der Waals surface area contributed by atoms with Gasteiger partial charge in [-0.3, -0.25) is 10.4 Å². The Kier molecular flexibility index (Phi) is 7.43. The van der Waals surface area contributed by atoms with Crippen LogP contribution in [0.3, 0.4) is 0 Å². The van der Waals surface area contributed by atoms with Crippen LogP contribution >= 0.6 is 11.6 Å². The number of halogens is 1. The molecule has 0 saturated heterocycles. The molecule has 32 heavy (non-hydrogen) atoms. The van der Waals surface area contributed by atoms with Gasteiger partial charge in [0, 0.05) is 36.6 Å². The number of rotatable bonds is 8. The minimum Gasteiger partial charge on any atom is -0.489 e. The molecule has 0 heterocycles. The molecule has 0 atom stereocenters. The van der Waals surface area contributed by atoms with Crippen molar-refractivity contribution in [3.05, 3.63) is 69.4 Å². The molecule has 2 aromatic carbocycles. The third-order valence-corrected chi connectivity index (χ3v) is 6.02. The highest BCUT2D eigenvalue weighted by Crippen LogP contribution is 2.43. The van der Waals surface area contributed by atoms with Crippen molar-refractivity contribution in [2.75, 3.05) is 19.4 Å². The molecule has 8 heteroatoms. The summed E-state index contributed by atoms with van der Waals surface area (Å²) in [6.07, 6.45) is 2.27. The number of nitrogens with zero attached hydrogens (tertiary/aromatic N) is 1. The molecule has 0 aliphatic heterocycles. The highest BCUT2D eigenvalue weighted by molar-refractivity contribution is 6.46. The Hall–Kier alpha value is -3.03. The molecule has 1 aliphatic rings. The van der Waals surface area contributed by atoms with Crippen molar-refractivity contribution in [3.8, 4) is 5.75 Å². The number of hydrogen-bond donors (Lipinski definition) is 4. The minimum absolute atomic E-state index is 0.253. The number of anilines is 1. The lowest BCUT2D eigenvalue weighted by Crippen LogP contribution is -2.37. The van der Waals surface area contributed by atoms with Gasteiger partial charge in [0.25, 0.3) is 0 Å². The first kappa shape index (κ1) is 23.6. The van der Waals surface area contributed by atoms with Crippen LogP contribution in [-0.2, 0) is 6.61 Å². The van der Waals surface area contributed by atoms with Crippen molar-refractivity contribution in [1.29, 1.82) is 5.41 Å². The van der Waals surface area contributed by atoms with E-state index in [1.807, 2.05) is 44.2 Å². The Balaban J connectivity index is 1.82. The van der Waals surface area contributed by atoms with Crippen LogP contribution in [0.4, 0.5) is 10.5 Å². The average Bonchev–Trinajstić information content (AvgIpc) is 3.62. The topological polar surface area (TPSA) is 103 Å². The molecule has 1 saturated carbocycles. The lowest BCUT2D eigenvalue weighted by molar-refractivity contribution is 0.223. The molecule has 0 bridgehead atoms. The van der Waals surface area contributed by atoms with Gasteiger partial charge in [0.2, 0.25) is 0 Å². The Labute approximate surface area is 194 Å². The number of aryl methyl sites for hydroxylation is 1. The summed E-state index contributed by atoms with van der Waals surface area (Å²) < 4.78 is 6.16. The van der Waals surface area contributed by atoms with E-state index >= 15 is 0 Å². The van der Waals surface area contributed by atoms with Gasteiger partial charge in [-0.15, -0.1) is 0 Å². The first-order chi connectivity index (χ1) is 15.2. The van der Waals surface area contributed by atoms with E-state index in [4.69, 9.17) is 27.6 Å². The molecule has 2 amide bonds. The molecule has 5 N–H and O–H groups in total. The molecule has 2 aromatic rings. The molecule has 1 fully saturated rings. The Morgan fingerprint density at radius 1 is 1.31 bits per heavy atom. The van der Waals surface area contributed by atoms with Gasteiger partial charge in [0.15, 0.2) is 0 Å². The highest BCUT2D eigenvalue weighted by Gasteiger charge is 2.27. The number of carbonyl (C=O) groups is 1. The number of nitrogens with two attached hydrogens (primary N) is 1. The summed E-state index contributed by atoms with van der Waals surface area (Å²) in [6, 6.07) is 11.1. The minimum atomic E-state index is -0.389. The van der Waals surface area contributed by atoms with E-state index in [1.54, 1.807) is 7.05 Å². The second kappa shape index (κ2) is 10.1. The van der Waals surface area contributed by atoms with Gasteiger partial charge in [-0.05, 0) is 68.0 Å². The summed E-state index contributed by atoms with van der Waals surface area (Å²) in [7, 11) is 3.27. The Bertz CT molecular complexity index is 1060. The molecular formula is C24H30ClN5O2. The molecule has 0 spiro atoms. The maximum absolute atomic E-state index is 12.1. The van der Waals surface area contributed by atoms with Crippen molar-refractivity contribution in [1.82, 2.24) is 10.3 Å². The van der Waals surface area contributed by atoms with Crippen molar-refractivity contribution >= 4 is 29.0 Å². The molecule has 0 radical (unpaired) electrons. The van der Waals surface area contributed by atoms with E-state index in [9.17, 15) is 4.79 Å². The summed E-state index contributed by atoms with van der Waals surface area (Å²) in [5.74, 6) is 6.78. The average molecular weight is 456 g/mol. The van der Waals surface area contributed by atoms with E-state index < -0.39 is 0 Å². The number of hydrazine groups is 1. The third-order valence-electron chi connectivity index (χ3n) is 5.55. The van der Waals surface area contributed by atoms with Gasteiger partial charge < -0.3 is 15.4 Å². The fourth-order valence-electron chi connectivity index (χ4n) is 3.40. The maximum atomic E-state index is 12.1. The fraction of sp³-hybridized carbons (Fsp3) is 0.333. The number of hydrogen-bond acceptors (Lipinski definition) is 5. The number of allylic oxidation sites excluding steroid dienone is 2. The predicted octanol–water partition coefficient (Wildman–Crippen LogP) is 4.85. The van der Waals surface area contributed by atoms with Crippen LogP contribution in [0.15, 0.2) is 47.1 Å². The van der Waals surface area contributed by atoms with Crippen LogP contribution in [0, 0.1) is 12.3 Å². The lowest BCUT2D eigenvalue weighted by Gasteiger charge is -2.19. The van der Waals surface area contributed by atoms with Gasteiger partial charge in [-0.25, -0.2) is 10.6 Å². The van der Waals surface area contributed by atoms with Gasteiger partial charge in [-0.2, -0.15) is 0 Å². The number of urea groups is 1. The summed E-state index contributed by atoms with van der Waals surface area (Å²) >= 11 is 6.30. The number of carbonyl (C=O) groups excluding carboxylic acids is 1. The second-order valence-electron chi connectivity index (χ2n) is 8.02. The monoisotopic (exact) mass is 455 g/mol. The molecule has 0 aromatic heterocycles. The number of ether oxygens (including phenoxy) is 1. The molecule has 0 unspecified atom stereocenters. The Morgan fingerprint density at radius 2 is 2.03 bits per heavy atom. The zero-order valence-corrected chi connectivity index (χ0v) is 19.6. The van der Waals surface area contributed by atoms with Crippen LogP contribution in [0.1, 0.15) is 47.9 Å². The molecule has 170 valence electrons. The van der Waals surface area contributed by atoms with Crippen LogP contribution in [-0.4, -0.2) is 30.8 Å². The molecule has 3 rings (SSSR count). The molecule has 7 nitrogen and oxygen atoms in total. The van der Waals surface area contributed by atoms with Crippen LogP contribution in [0.25, 0.3) is 0 Å². The zero-order valence-electron chi connectivity index (χ0n) is 18.9. The Morgan fingerprint density at radius 3 is 2.62 bits per heavy atom. The van der Waals surface area contributed by atoms with E-state index in [0.29, 0.717) is 34.6 Å². The normalized spacial score (nSPS) is 13.8. The van der Waals surface area contributed by atoms with Crippen LogP contribution in [0.2, 0.25) is 0 Å². The smallest absolute Gasteiger partial charge is 0.335 e. The first-order valence-corrected chi connectivity index (χ1v) is 10.9. The zero-order chi connectivity index (χ0) is 23.4. The predicted molar refractivity (Wildman–Crippen MR) is 129 cm³/mol. The SMILES string of the molecule is CN/C(C)=C(/Cl)C(=N)c1ccc(OCc2c(NC(=O)N(C)N)cccc2C2CC2)c(C)c1. The molecular weight excluding hydrogens is 426 g/mol. The third kappa shape index (κ3) is 5.41. The van der Waals surface area contributed by atoms with E-state index in [0.717, 1.165) is 34.7 Å². The van der Waals surface area contributed by atoms with Gasteiger partial charge in [-0.1, -0.05) is 23.7 Å². The largest absolute Gasteiger partial charge is 0.489 e. The maximum Gasteiger partial charge on any atom is 0.335 e. The molecule has 1 aliphatic carbocycles. The van der Waals surface area contributed by atoms with Gasteiger partial charge in [0.05, 0.1) is 10.7 Å². The van der Waals surface area contributed by atoms with E-state index in [-0.39, 0.29) is 11.7 Å². The summed E-state index contributed by atoms with van der Waals surface area (Å²) in [6.45, 7) is 4.08. The number of amides is 2. The highest BCUT2D eigenvalue weighted by atomic mass is 35.5. The van der Waals surface area contributed by atoms with Crippen LogP contribution < -0.4 is 21.2 Å². The lowest BCUT2D eigenvalue weighted by atomic mass is 10.0. The summed E-state index contributed by atoms with van der Waals surface area (Å²) in [5, 5.41) is 15.6.